The molecule has 2 atom stereocenters. The summed E-state index contributed by atoms with van der Waals surface area (Å²) in [6.45, 7) is 0. The maximum Gasteiger partial charge on any atom is 0.119 e. The van der Waals surface area contributed by atoms with Crippen molar-refractivity contribution in [2.45, 2.75) is 25.0 Å². The van der Waals surface area contributed by atoms with Crippen LogP contribution < -0.4 is 10.5 Å². The minimum atomic E-state index is -0.0335. The minimum Gasteiger partial charge on any atom is -0.497 e. The van der Waals surface area contributed by atoms with Crippen LogP contribution in [0.5, 0.6) is 5.75 Å². The maximum absolute atomic E-state index is 6.14. The zero-order chi connectivity index (χ0) is 10.8. The van der Waals surface area contributed by atoms with E-state index < -0.39 is 0 Å². The Balaban J connectivity index is 2.35. The highest BCUT2D eigenvalue weighted by Crippen LogP contribution is 2.32. The molecule has 82 valence electrons. The second kappa shape index (κ2) is 4.21. The van der Waals surface area contributed by atoms with Crippen LogP contribution in [0.25, 0.3) is 0 Å². The Hall–Kier alpha value is -1.06. The average molecular weight is 207 g/mol. The van der Waals surface area contributed by atoms with Crippen LogP contribution in [0.3, 0.4) is 0 Å². The second-order valence-electron chi connectivity index (χ2n) is 3.90. The van der Waals surface area contributed by atoms with E-state index in [0.29, 0.717) is 0 Å². The van der Waals surface area contributed by atoms with Crippen molar-refractivity contribution in [1.82, 2.24) is 0 Å². The number of fused-ring (bicyclic) bond motifs is 1. The van der Waals surface area contributed by atoms with Crippen LogP contribution in [-0.4, -0.2) is 20.3 Å². The van der Waals surface area contributed by atoms with Crippen LogP contribution in [0.4, 0.5) is 0 Å². The minimum absolute atomic E-state index is 0.0335. The van der Waals surface area contributed by atoms with Gasteiger partial charge in [0.1, 0.15) is 5.75 Å². The van der Waals surface area contributed by atoms with Gasteiger partial charge in [-0.25, -0.2) is 0 Å². The van der Waals surface area contributed by atoms with Gasteiger partial charge in [-0.05, 0) is 36.1 Å². The Morgan fingerprint density at radius 1 is 1.33 bits per heavy atom. The molecule has 15 heavy (non-hydrogen) atoms. The lowest BCUT2D eigenvalue weighted by molar-refractivity contribution is 0.0678. The van der Waals surface area contributed by atoms with Crippen molar-refractivity contribution < 1.29 is 9.47 Å². The molecule has 1 aliphatic carbocycles. The second-order valence-corrected chi connectivity index (χ2v) is 3.90. The van der Waals surface area contributed by atoms with E-state index in [0.717, 1.165) is 24.2 Å². The first-order valence-electron chi connectivity index (χ1n) is 5.21. The molecular formula is C12H17NO2. The first kappa shape index (κ1) is 10.5. The van der Waals surface area contributed by atoms with Gasteiger partial charge in [0.2, 0.25) is 0 Å². The molecule has 0 heterocycles. The van der Waals surface area contributed by atoms with E-state index in [9.17, 15) is 0 Å². The summed E-state index contributed by atoms with van der Waals surface area (Å²) in [5.41, 5.74) is 8.62. The molecule has 2 rings (SSSR count). The van der Waals surface area contributed by atoms with E-state index in [-0.39, 0.29) is 12.1 Å². The topological polar surface area (TPSA) is 44.5 Å². The fourth-order valence-electron chi connectivity index (χ4n) is 2.18. The van der Waals surface area contributed by atoms with Gasteiger partial charge in [-0.1, -0.05) is 6.07 Å². The zero-order valence-electron chi connectivity index (χ0n) is 9.19. The summed E-state index contributed by atoms with van der Waals surface area (Å²) in [7, 11) is 3.39. The monoisotopic (exact) mass is 207 g/mol. The van der Waals surface area contributed by atoms with Gasteiger partial charge in [0.25, 0.3) is 0 Å². The Morgan fingerprint density at radius 3 is 2.80 bits per heavy atom. The smallest absolute Gasteiger partial charge is 0.119 e. The van der Waals surface area contributed by atoms with Crippen molar-refractivity contribution in [1.29, 1.82) is 0 Å². The highest BCUT2D eigenvalue weighted by atomic mass is 16.5. The molecule has 0 aliphatic heterocycles. The molecule has 1 aliphatic rings. The van der Waals surface area contributed by atoms with E-state index >= 15 is 0 Å². The summed E-state index contributed by atoms with van der Waals surface area (Å²) < 4.78 is 10.6. The summed E-state index contributed by atoms with van der Waals surface area (Å²) in [6.07, 6.45) is 2.16. The number of benzene rings is 1. The standard InChI is InChI=1S/C12H17NO2/c1-14-9-5-3-8-4-6-11(15-2)12(13)10(8)7-9/h3,5,7,11-12H,4,6,13H2,1-2H3/t11-,12-/m0/s1. The van der Waals surface area contributed by atoms with Crippen LogP contribution in [-0.2, 0) is 11.2 Å². The van der Waals surface area contributed by atoms with E-state index in [4.69, 9.17) is 15.2 Å². The lowest BCUT2D eigenvalue weighted by atomic mass is 9.86. The van der Waals surface area contributed by atoms with Gasteiger partial charge in [0.15, 0.2) is 0 Å². The van der Waals surface area contributed by atoms with Crippen LogP contribution in [0.15, 0.2) is 18.2 Å². The number of ether oxygens (including phenoxy) is 2. The molecule has 3 heteroatoms. The van der Waals surface area contributed by atoms with Gasteiger partial charge >= 0.3 is 0 Å². The summed E-state index contributed by atoms with van der Waals surface area (Å²) in [5, 5.41) is 0. The zero-order valence-corrected chi connectivity index (χ0v) is 9.19. The van der Waals surface area contributed by atoms with E-state index in [1.165, 1.54) is 5.56 Å². The summed E-state index contributed by atoms with van der Waals surface area (Å²) >= 11 is 0. The van der Waals surface area contributed by atoms with Gasteiger partial charge in [0, 0.05) is 7.11 Å². The molecule has 0 aromatic heterocycles. The number of rotatable bonds is 2. The lowest BCUT2D eigenvalue weighted by Crippen LogP contribution is -2.32. The average Bonchev–Trinajstić information content (AvgIpc) is 2.29. The van der Waals surface area contributed by atoms with Gasteiger partial charge in [-0.2, -0.15) is 0 Å². The fraction of sp³-hybridized carbons (Fsp3) is 0.500. The number of methoxy groups -OCH3 is 2. The molecule has 2 N–H and O–H groups in total. The third kappa shape index (κ3) is 1.85. The summed E-state index contributed by atoms with van der Waals surface area (Å²) in [5.74, 6) is 0.862. The van der Waals surface area contributed by atoms with E-state index in [2.05, 4.69) is 6.07 Å². The predicted molar refractivity (Wildman–Crippen MR) is 59.0 cm³/mol. The summed E-state index contributed by atoms with van der Waals surface area (Å²) in [6, 6.07) is 6.07. The quantitative estimate of drug-likeness (QED) is 0.802. The molecule has 3 nitrogen and oxygen atoms in total. The lowest BCUT2D eigenvalue weighted by Gasteiger charge is -2.30. The number of aryl methyl sites for hydroxylation is 1. The molecule has 0 amide bonds. The Morgan fingerprint density at radius 2 is 2.13 bits per heavy atom. The van der Waals surface area contributed by atoms with E-state index in [1.807, 2.05) is 12.1 Å². The molecule has 0 bridgehead atoms. The highest BCUT2D eigenvalue weighted by Gasteiger charge is 2.26. The van der Waals surface area contributed by atoms with Crippen molar-refractivity contribution in [2.24, 2.45) is 5.73 Å². The van der Waals surface area contributed by atoms with Crippen molar-refractivity contribution in [3.8, 4) is 5.75 Å². The number of hydrogen-bond donors (Lipinski definition) is 1. The molecule has 0 saturated carbocycles. The van der Waals surface area contributed by atoms with Crippen LogP contribution in [0.1, 0.15) is 23.6 Å². The van der Waals surface area contributed by atoms with Crippen LogP contribution in [0, 0.1) is 0 Å². The SMILES string of the molecule is COc1ccc2c(c1)[C@H](N)[C@@H](OC)CC2. The van der Waals surface area contributed by atoms with Crippen molar-refractivity contribution in [2.75, 3.05) is 14.2 Å². The first-order valence-corrected chi connectivity index (χ1v) is 5.21. The van der Waals surface area contributed by atoms with Crippen LogP contribution >= 0.6 is 0 Å². The highest BCUT2D eigenvalue weighted by molar-refractivity contribution is 5.39. The van der Waals surface area contributed by atoms with Crippen molar-refractivity contribution in [3.05, 3.63) is 29.3 Å². The molecule has 0 unspecified atom stereocenters. The molecule has 1 aromatic rings. The van der Waals surface area contributed by atoms with Gasteiger partial charge < -0.3 is 15.2 Å². The largest absolute Gasteiger partial charge is 0.497 e. The molecule has 1 aromatic carbocycles. The van der Waals surface area contributed by atoms with Crippen LogP contribution in [0.2, 0.25) is 0 Å². The van der Waals surface area contributed by atoms with Crippen molar-refractivity contribution in [3.63, 3.8) is 0 Å². The molecule has 0 spiro atoms. The fourth-order valence-corrected chi connectivity index (χ4v) is 2.18. The third-order valence-corrected chi connectivity index (χ3v) is 3.11. The number of hydrogen-bond acceptors (Lipinski definition) is 3. The van der Waals surface area contributed by atoms with Crippen molar-refractivity contribution >= 4 is 0 Å². The molecule has 0 saturated heterocycles. The number of nitrogens with two attached hydrogens (primary N) is 1. The Kier molecular flexibility index (Phi) is 2.93. The summed E-state index contributed by atoms with van der Waals surface area (Å²) in [4.78, 5) is 0. The first-order chi connectivity index (χ1) is 7.26. The normalized spacial score (nSPS) is 24.7. The van der Waals surface area contributed by atoms with Gasteiger partial charge in [0.05, 0.1) is 19.3 Å². The van der Waals surface area contributed by atoms with Gasteiger partial charge in [-0.15, -0.1) is 0 Å². The van der Waals surface area contributed by atoms with E-state index in [1.54, 1.807) is 14.2 Å². The van der Waals surface area contributed by atoms with Gasteiger partial charge in [-0.3, -0.25) is 0 Å². The third-order valence-electron chi connectivity index (χ3n) is 3.11. The Labute approximate surface area is 90.2 Å². The Bertz CT molecular complexity index is 351. The predicted octanol–water partition coefficient (Wildman–Crippen LogP) is 1.66. The molecule has 0 radical (unpaired) electrons. The molecule has 0 fully saturated rings. The maximum atomic E-state index is 6.14. The molecular weight excluding hydrogens is 190 g/mol.